The maximum atomic E-state index is 12.5. The SMILES string of the molecule is CSc1ccc(CC2=CC(=O)c3ccccc3C2=O)cc1. The molecular weight excluding hydrogens is 280 g/mol. The molecule has 1 aliphatic carbocycles. The number of fused-ring (bicyclic) bond motifs is 1. The zero-order chi connectivity index (χ0) is 14.8. The van der Waals surface area contributed by atoms with Crippen LogP contribution in [0.4, 0.5) is 0 Å². The standard InChI is InChI=1S/C18H14O2S/c1-21-14-8-6-12(7-9-14)10-13-11-17(19)15-4-2-3-5-16(15)18(13)20/h2-9,11H,10H2,1H3. The molecule has 0 aromatic heterocycles. The summed E-state index contributed by atoms with van der Waals surface area (Å²) in [5.74, 6) is -0.125. The van der Waals surface area contributed by atoms with Gasteiger partial charge in [0.1, 0.15) is 0 Å². The van der Waals surface area contributed by atoms with Gasteiger partial charge in [-0.05, 0) is 30.0 Å². The van der Waals surface area contributed by atoms with Crippen molar-refractivity contribution in [3.8, 4) is 0 Å². The van der Waals surface area contributed by atoms with Gasteiger partial charge in [-0.2, -0.15) is 0 Å². The maximum absolute atomic E-state index is 12.5. The molecular formula is C18H14O2S. The highest BCUT2D eigenvalue weighted by Crippen LogP contribution is 2.24. The van der Waals surface area contributed by atoms with Gasteiger partial charge in [0.05, 0.1) is 0 Å². The van der Waals surface area contributed by atoms with Crippen LogP contribution in [0.3, 0.4) is 0 Å². The Balaban J connectivity index is 1.89. The van der Waals surface area contributed by atoms with E-state index >= 15 is 0 Å². The van der Waals surface area contributed by atoms with E-state index < -0.39 is 0 Å². The summed E-state index contributed by atoms with van der Waals surface area (Å²) in [4.78, 5) is 25.7. The minimum Gasteiger partial charge on any atom is -0.289 e. The number of benzene rings is 2. The van der Waals surface area contributed by atoms with Crippen molar-refractivity contribution in [3.05, 3.63) is 76.9 Å². The molecule has 104 valence electrons. The first-order valence-corrected chi connectivity index (χ1v) is 7.93. The van der Waals surface area contributed by atoms with Crippen LogP contribution in [0.5, 0.6) is 0 Å². The second kappa shape index (κ2) is 5.70. The highest BCUT2D eigenvalue weighted by atomic mass is 32.2. The molecule has 0 fully saturated rings. The third kappa shape index (κ3) is 2.69. The zero-order valence-electron chi connectivity index (χ0n) is 11.6. The van der Waals surface area contributed by atoms with Gasteiger partial charge in [-0.3, -0.25) is 9.59 Å². The number of ketones is 2. The molecule has 0 radical (unpaired) electrons. The lowest BCUT2D eigenvalue weighted by Crippen LogP contribution is -2.18. The molecule has 0 heterocycles. The summed E-state index contributed by atoms with van der Waals surface area (Å²) in [6.45, 7) is 0. The first kappa shape index (κ1) is 13.8. The summed E-state index contributed by atoms with van der Waals surface area (Å²) in [5.41, 5.74) is 2.62. The summed E-state index contributed by atoms with van der Waals surface area (Å²) >= 11 is 1.68. The molecule has 0 saturated carbocycles. The van der Waals surface area contributed by atoms with Crippen LogP contribution in [0, 0.1) is 0 Å². The Labute approximate surface area is 127 Å². The van der Waals surface area contributed by atoms with Gasteiger partial charge in [0.15, 0.2) is 11.6 Å². The van der Waals surface area contributed by atoms with Crippen LogP contribution in [0.1, 0.15) is 26.3 Å². The Morgan fingerprint density at radius 1 is 0.905 bits per heavy atom. The van der Waals surface area contributed by atoms with Gasteiger partial charge in [-0.15, -0.1) is 11.8 Å². The normalized spacial score (nSPS) is 13.9. The fourth-order valence-corrected chi connectivity index (χ4v) is 2.87. The second-order valence-corrected chi connectivity index (χ2v) is 5.81. The third-order valence-corrected chi connectivity index (χ3v) is 4.33. The lowest BCUT2D eigenvalue weighted by Gasteiger charge is -2.15. The fourth-order valence-electron chi connectivity index (χ4n) is 2.47. The number of hydrogen-bond donors (Lipinski definition) is 0. The molecule has 3 rings (SSSR count). The molecule has 1 aliphatic rings. The van der Waals surface area contributed by atoms with Crippen LogP contribution < -0.4 is 0 Å². The van der Waals surface area contributed by atoms with Crippen LogP contribution in [0.25, 0.3) is 0 Å². The van der Waals surface area contributed by atoms with Crippen LogP contribution >= 0.6 is 11.8 Å². The molecule has 21 heavy (non-hydrogen) atoms. The number of hydrogen-bond acceptors (Lipinski definition) is 3. The van der Waals surface area contributed by atoms with Gasteiger partial charge in [0.25, 0.3) is 0 Å². The van der Waals surface area contributed by atoms with E-state index in [4.69, 9.17) is 0 Å². The van der Waals surface area contributed by atoms with Crippen molar-refractivity contribution in [1.82, 2.24) is 0 Å². The lowest BCUT2D eigenvalue weighted by atomic mass is 9.87. The molecule has 0 N–H and O–H groups in total. The van der Waals surface area contributed by atoms with Crippen molar-refractivity contribution < 1.29 is 9.59 Å². The van der Waals surface area contributed by atoms with E-state index in [2.05, 4.69) is 0 Å². The van der Waals surface area contributed by atoms with Gasteiger partial charge >= 0.3 is 0 Å². The Kier molecular flexibility index (Phi) is 3.76. The molecule has 0 unspecified atom stereocenters. The minimum atomic E-state index is -0.0825. The number of carbonyl (C=O) groups excluding carboxylic acids is 2. The minimum absolute atomic E-state index is 0.0425. The molecule has 0 aliphatic heterocycles. The third-order valence-electron chi connectivity index (χ3n) is 3.59. The van der Waals surface area contributed by atoms with Gasteiger partial charge in [-0.25, -0.2) is 0 Å². The van der Waals surface area contributed by atoms with Gasteiger partial charge in [0.2, 0.25) is 0 Å². The summed E-state index contributed by atoms with van der Waals surface area (Å²) in [6, 6.07) is 15.1. The van der Waals surface area contributed by atoms with Crippen molar-refractivity contribution in [1.29, 1.82) is 0 Å². The van der Waals surface area contributed by atoms with E-state index in [0.717, 1.165) is 5.56 Å². The molecule has 0 bridgehead atoms. The van der Waals surface area contributed by atoms with Crippen molar-refractivity contribution in [3.63, 3.8) is 0 Å². The number of Topliss-reactive ketones (excluding diaryl/α,β-unsaturated/α-hetero) is 1. The number of thioether (sulfide) groups is 1. The summed E-state index contributed by atoms with van der Waals surface area (Å²) in [6.07, 6.45) is 4.00. The van der Waals surface area contributed by atoms with E-state index in [0.29, 0.717) is 23.1 Å². The first-order chi connectivity index (χ1) is 10.2. The highest BCUT2D eigenvalue weighted by Gasteiger charge is 2.24. The van der Waals surface area contributed by atoms with Crippen LogP contribution in [-0.2, 0) is 6.42 Å². The number of allylic oxidation sites excluding steroid dienone is 2. The van der Waals surface area contributed by atoms with E-state index in [1.54, 1.807) is 36.0 Å². The van der Waals surface area contributed by atoms with Crippen LogP contribution in [-0.4, -0.2) is 17.8 Å². The molecule has 0 amide bonds. The quantitative estimate of drug-likeness (QED) is 0.804. The second-order valence-electron chi connectivity index (χ2n) is 4.93. The monoisotopic (exact) mass is 294 g/mol. The molecule has 0 atom stereocenters. The molecule has 2 aromatic carbocycles. The molecule has 3 heteroatoms. The van der Waals surface area contributed by atoms with Crippen molar-refractivity contribution >= 4 is 23.3 Å². The zero-order valence-corrected chi connectivity index (χ0v) is 12.4. The maximum Gasteiger partial charge on any atom is 0.190 e. The van der Waals surface area contributed by atoms with E-state index in [1.807, 2.05) is 30.5 Å². The van der Waals surface area contributed by atoms with Crippen molar-refractivity contribution in [2.24, 2.45) is 0 Å². The van der Waals surface area contributed by atoms with Gasteiger partial charge in [0, 0.05) is 28.0 Å². The lowest BCUT2D eigenvalue weighted by molar-refractivity contribution is 0.0982. The van der Waals surface area contributed by atoms with E-state index in [9.17, 15) is 9.59 Å². The Morgan fingerprint density at radius 3 is 2.24 bits per heavy atom. The van der Waals surface area contributed by atoms with E-state index in [-0.39, 0.29) is 11.6 Å². The summed E-state index contributed by atoms with van der Waals surface area (Å²) in [7, 11) is 0. The smallest absolute Gasteiger partial charge is 0.190 e. The molecule has 2 nitrogen and oxygen atoms in total. The van der Waals surface area contributed by atoms with Gasteiger partial charge < -0.3 is 0 Å². The van der Waals surface area contributed by atoms with Gasteiger partial charge in [-0.1, -0.05) is 36.4 Å². The number of carbonyl (C=O) groups is 2. The van der Waals surface area contributed by atoms with Crippen molar-refractivity contribution in [2.45, 2.75) is 11.3 Å². The molecule has 0 saturated heterocycles. The van der Waals surface area contributed by atoms with Crippen molar-refractivity contribution in [2.75, 3.05) is 6.26 Å². The Morgan fingerprint density at radius 2 is 1.57 bits per heavy atom. The number of rotatable bonds is 3. The van der Waals surface area contributed by atoms with Crippen LogP contribution in [0.2, 0.25) is 0 Å². The molecule has 0 spiro atoms. The average Bonchev–Trinajstić information content (AvgIpc) is 2.53. The largest absolute Gasteiger partial charge is 0.289 e. The first-order valence-electron chi connectivity index (χ1n) is 6.70. The highest BCUT2D eigenvalue weighted by molar-refractivity contribution is 7.98. The predicted molar refractivity (Wildman–Crippen MR) is 85.1 cm³/mol. The van der Waals surface area contributed by atoms with Crippen LogP contribution in [0.15, 0.2) is 65.1 Å². The fraction of sp³-hybridized carbons (Fsp3) is 0.111. The predicted octanol–water partition coefficient (Wildman–Crippen LogP) is 3.96. The molecule has 2 aromatic rings. The Bertz CT molecular complexity index is 742. The Hall–Kier alpha value is -2.13. The summed E-state index contributed by atoms with van der Waals surface area (Å²) in [5, 5.41) is 0. The topological polar surface area (TPSA) is 34.1 Å². The average molecular weight is 294 g/mol. The summed E-state index contributed by atoms with van der Waals surface area (Å²) < 4.78 is 0. The van der Waals surface area contributed by atoms with E-state index in [1.165, 1.54) is 11.0 Å².